The lowest BCUT2D eigenvalue weighted by molar-refractivity contribution is 0.112. The number of halogens is 3. The van der Waals surface area contributed by atoms with Crippen LogP contribution in [-0.2, 0) is 6.54 Å². The molecule has 1 atom stereocenters. The molecule has 100 valence electrons. The summed E-state index contributed by atoms with van der Waals surface area (Å²) in [5.41, 5.74) is 9.39. The number of nitrogens with one attached hydrogen (secondary N) is 2. The topological polar surface area (TPSA) is 24.1 Å². The first-order chi connectivity index (χ1) is 8.50. The lowest BCUT2D eigenvalue weighted by atomic mass is 9.97. The Kier molecular flexibility index (Phi) is 3.52. The maximum atomic E-state index is 13.1. The Labute approximate surface area is 111 Å². The number of hydrogen-bond acceptors (Lipinski definition) is 2. The highest BCUT2D eigenvalue weighted by Crippen LogP contribution is 2.58. The Morgan fingerprint density at radius 3 is 2.56 bits per heavy atom. The van der Waals surface area contributed by atoms with E-state index in [9.17, 15) is 8.78 Å². The fourth-order valence-corrected chi connectivity index (χ4v) is 2.74. The van der Waals surface area contributed by atoms with Crippen molar-refractivity contribution in [2.45, 2.75) is 45.6 Å². The van der Waals surface area contributed by atoms with Crippen molar-refractivity contribution in [2.24, 2.45) is 0 Å². The third-order valence-electron chi connectivity index (χ3n) is 3.37. The Balaban J connectivity index is 0.000000574. The van der Waals surface area contributed by atoms with Crippen molar-refractivity contribution in [3.8, 4) is 0 Å². The van der Waals surface area contributed by atoms with Crippen LogP contribution < -0.4 is 10.9 Å². The van der Waals surface area contributed by atoms with Crippen LogP contribution in [0.2, 0.25) is 5.02 Å². The highest BCUT2D eigenvalue weighted by molar-refractivity contribution is 6.32. The molecule has 0 aromatic heterocycles. The molecule has 1 fully saturated rings. The van der Waals surface area contributed by atoms with Crippen molar-refractivity contribution in [2.75, 3.05) is 5.43 Å². The first kappa shape index (κ1) is 13.6. The molecule has 1 aliphatic heterocycles. The minimum absolute atomic E-state index is 0.0762. The maximum Gasteiger partial charge on any atom is 0.255 e. The van der Waals surface area contributed by atoms with Gasteiger partial charge in [-0.1, -0.05) is 25.4 Å². The Morgan fingerprint density at radius 2 is 2.00 bits per heavy atom. The summed E-state index contributed by atoms with van der Waals surface area (Å²) in [6.07, 6.45) is -0.0762. The molecule has 2 N–H and O–H groups in total. The molecule has 18 heavy (non-hydrogen) atoms. The van der Waals surface area contributed by atoms with Crippen molar-refractivity contribution in [3.63, 3.8) is 0 Å². The molecule has 0 spiro atoms. The smallest absolute Gasteiger partial charge is 0.255 e. The molecule has 1 saturated carbocycles. The maximum absolute atomic E-state index is 13.1. The quantitative estimate of drug-likeness (QED) is 0.801. The van der Waals surface area contributed by atoms with E-state index in [1.807, 2.05) is 20.8 Å². The van der Waals surface area contributed by atoms with Crippen LogP contribution in [0.3, 0.4) is 0 Å². The molecule has 1 unspecified atom stereocenters. The number of hydrogen-bond donors (Lipinski definition) is 2. The molecular formula is C13H17ClF2N2. The van der Waals surface area contributed by atoms with Gasteiger partial charge >= 0.3 is 0 Å². The van der Waals surface area contributed by atoms with Crippen molar-refractivity contribution in [1.82, 2.24) is 5.43 Å². The molecule has 0 radical (unpaired) electrons. The van der Waals surface area contributed by atoms with Gasteiger partial charge in [0, 0.05) is 18.0 Å². The number of alkyl halides is 2. The Hall–Kier alpha value is -0.870. The predicted molar refractivity (Wildman–Crippen MR) is 70.3 cm³/mol. The largest absolute Gasteiger partial charge is 0.321 e. The van der Waals surface area contributed by atoms with Gasteiger partial charge in [0.2, 0.25) is 0 Å². The minimum atomic E-state index is -2.57. The highest BCUT2D eigenvalue weighted by Gasteiger charge is 2.58. The van der Waals surface area contributed by atoms with Crippen LogP contribution in [0.4, 0.5) is 14.5 Å². The van der Waals surface area contributed by atoms with Crippen molar-refractivity contribution >= 4 is 17.3 Å². The van der Waals surface area contributed by atoms with Crippen LogP contribution in [0.1, 0.15) is 42.9 Å². The SMILES string of the molecule is CC.Cc1c2c(cc(Cl)c1C1CC1(F)F)NNC2. The molecule has 2 aliphatic rings. The monoisotopic (exact) mass is 274 g/mol. The average molecular weight is 275 g/mol. The highest BCUT2D eigenvalue weighted by atomic mass is 35.5. The van der Waals surface area contributed by atoms with Gasteiger partial charge in [-0.25, -0.2) is 14.2 Å². The number of rotatable bonds is 1. The van der Waals surface area contributed by atoms with E-state index in [2.05, 4.69) is 10.9 Å². The van der Waals surface area contributed by atoms with Gasteiger partial charge in [0.1, 0.15) is 0 Å². The first-order valence-electron chi connectivity index (χ1n) is 6.19. The van der Waals surface area contributed by atoms with Gasteiger partial charge in [-0.05, 0) is 29.7 Å². The lowest BCUT2D eigenvalue weighted by Gasteiger charge is -2.12. The predicted octanol–water partition coefficient (Wildman–Crippen LogP) is 4.23. The van der Waals surface area contributed by atoms with E-state index in [1.54, 1.807) is 6.07 Å². The van der Waals surface area contributed by atoms with Crippen molar-refractivity contribution in [1.29, 1.82) is 0 Å². The number of benzene rings is 1. The zero-order valence-corrected chi connectivity index (χ0v) is 11.5. The standard InChI is InChI=1S/C11H11ClF2N2.C2H6/c1-5-6-4-15-16-9(6)2-8(12)10(5)7-3-11(7,13)14;1-2/h2,7,15-16H,3-4H2,1H3;1-2H3. The van der Waals surface area contributed by atoms with Crippen LogP contribution in [0, 0.1) is 6.92 Å². The van der Waals surface area contributed by atoms with E-state index >= 15 is 0 Å². The fraction of sp³-hybridized carbons (Fsp3) is 0.538. The summed E-state index contributed by atoms with van der Waals surface area (Å²) in [5, 5.41) is 0.439. The van der Waals surface area contributed by atoms with Crippen LogP contribution in [-0.4, -0.2) is 5.92 Å². The first-order valence-corrected chi connectivity index (χ1v) is 6.57. The molecule has 0 amide bonds. The molecule has 1 aromatic carbocycles. The second-order valence-corrected chi connectivity index (χ2v) is 4.83. The Morgan fingerprint density at radius 1 is 1.39 bits per heavy atom. The lowest BCUT2D eigenvalue weighted by Crippen LogP contribution is -2.10. The molecule has 1 heterocycles. The molecule has 1 aromatic rings. The fourth-order valence-electron chi connectivity index (χ4n) is 2.36. The van der Waals surface area contributed by atoms with Crippen LogP contribution in [0.25, 0.3) is 0 Å². The van der Waals surface area contributed by atoms with E-state index in [4.69, 9.17) is 11.6 Å². The molecule has 0 saturated heterocycles. The zero-order valence-electron chi connectivity index (χ0n) is 10.7. The molecule has 0 bridgehead atoms. The Bertz CT molecular complexity index is 475. The van der Waals surface area contributed by atoms with E-state index in [1.165, 1.54) is 0 Å². The van der Waals surface area contributed by atoms with Crippen molar-refractivity contribution in [3.05, 3.63) is 27.8 Å². The van der Waals surface area contributed by atoms with E-state index in [-0.39, 0.29) is 6.42 Å². The summed E-state index contributed by atoms with van der Waals surface area (Å²) in [4.78, 5) is 0. The van der Waals surface area contributed by atoms with Crippen LogP contribution in [0.15, 0.2) is 6.07 Å². The van der Waals surface area contributed by atoms with Gasteiger partial charge < -0.3 is 5.43 Å². The zero-order chi connectivity index (χ0) is 13.5. The second kappa shape index (κ2) is 4.67. The summed E-state index contributed by atoms with van der Waals surface area (Å²) < 4.78 is 26.2. The summed E-state index contributed by atoms with van der Waals surface area (Å²) in [7, 11) is 0. The van der Waals surface area contributed by atoms with Gasteiger partial charge in [0.05, 0.1) is 11.6 Å². The van der Waals surface area contributed by atoms with E-state index in [0.29, 0.717) is 17.1 Å². The average Bonchev–Trinajstić information content (AvgIpc) is 2.77. The summed E-state index contributed by atoms with van der Waals surface area (Å²) in [5.74, 6) is -3.26. The number of fused-ring (bicyclic) bond motifs is 1. The van der Waals surface area contributed by atoms with Crippen molar-refractivity contribution < 1.29 is 8.78 Å². The normalized spacial score (nSPS) is 22.7. The molecule has 3 rings (SSSR count). The summed E-state index contributed by atoms with van der Waals surface area (Å²) in [6, 6.07) is 1.73. The summed E-state index contributed by atoms with van der Waals surface area (Å²) >= 11 is 6.07. The third-order valence-corrected chi connectivity index (χ3v) is 3.69. The van der Waals surface area contributed by atoms with Gasteiger partial charge in [0.15, 0.2) is 0 Å². The molecule has 5 heteroatoms. The second-order valence-electron chi connectivity index (χ2n) is 4.42. The molecule has 2 nitrogen and oxygen atoms in total. The molecular weight excluding hydrogens is 258 g/mol. The van der Waals surface area contributed by atoms with E-state index in [0.717, 1.165) is 16.8 Å². The van der Waals surface area contributed by atoms with Gasteiger partial charge in [0.25, 0.3) is 5.92 Å². The molecule has 1 aliphatic carbocycles. The minimum Gasteiger partial charge on any atom is -0.321 e. The van der Waals surface area contributed by atoms with Gasteiger partial charge in [-0.2, -0.15) is 0 Å². The van der Waals surface area contributed by atoms with Crippen LogP contribution in [0.5, 0.6) is 0 Å². The van der Waals surface area contributed by atoms with Gasteiger partial charge in [-0.15, -0.1) is 0 Å². The number of hydrazine groups is 1. The van der Waals surface area contributed by atoms with Gasteiger partial charge in [-0.3, -0.25) is 0 Å². The third kappa shape index (κ3) is 2.08. The summed E-state index contributed by atoms with van der Waals surface area (Å²) in [6.45, 7) is 6.52. The number of anilines is 1. The van der Waals surface area contributed by atoms with Crippen LogP contribution >= 0.6 is 11.6 Å². The van der Waals surface area contributed by atoms with E-state index < -0.39 is 11.8 Å².